The molecule has 0 amide bonds. The first-order chi connectivity index (χ1) is 11.7. The van der Waals surface area contributed by atoms with Crippen LogP contribution in [0, 0.1) is 6.92 Å². The number of Topliss-reactive ketones (excluding diaryl/α,β-unsaturated/α-hetero) is 1. The molecule has 0 aliphatic carbocycles. The number of esters is 1. The molecule has 3 heteroatoms. The summed E-state index contributed by atoms with van der Waals surface area (Å²) < 4.78 is 4.76. The van der Waals surface area contributed by atoms with Gasteiger partial charge in [0.1, 0.15) is 6.61 Å². The molecule has 24 heavy (non-hydrogen) atoms. The van der Waals surface area contributed by atoms with E-state index in [1.54, 1.807) is 0 Å². The van der Waals surface area contributed by atoms with Crippen molar-refractivity contribution in [3.63, 3.8) is 0 Å². The molecular formula is C21H37O3. The Balaban J connectivity index is 3.20. The summed E-state index contributed by atoms with van der Waals surface area (Å²) in [4.78, 5) is 21.8. The zero-order valence-electron chi connectivity index (χ0n) is 15.7. The Morgan fingerprint density at radius 1 is 0.792 bits per heavy atom. The second kappa shape index (κ2) is 18.2. The lowest BCUT2D eigenvalue weighted by Crippen LogP contribution is -2.10. The lowest BCUT2D eigenvalue weighted by molar-refractivity contribution is -0.147. The highest BCUT2D eigenvalue weighted by Crippen LogP contribution is 2.10. The SMILES string of the molecule is [CH2]C(=O)COC(=O)CCCCCCC/C=C\CCCCCCCC. The quantitative estimate of drug-likeness (QED) is 0.186. The van der Waals surface area contributed by atoms with Gasteiger partial charge < -0.3 is 4.74 Å². The van der Waals surface area contributed by atoms with Gasteiger partial charge in [0, 0.05) is 13.3 Å². The summed E-state index contributed by atoms with van der Waals surface area (Å²) in [5.41, 5.74) is 0. The van der Waals surface area contributed by atoms with Crippen molar-refractivity contribution in [1.82, 2.24) is 0 Å². The summed E-state index contributed by atoms with van der Waals surface area (Å²) in [6, 6.07) is 0. The molecule has 0 aromatic heterocycles. The van der Waals surface area contributed by atoms with Crippen molar-refractivity contribution in [2.75, 3.05) is 6.61 Å². The summed E-state index contributed by atoms with van der Waals surface area (Å²) in [6.45, 7) is 5.23. The van der Waals surface area contributed by atoms with E-state index in [4.69, 9.17) is 4.74 Å². The molecule has 0 rings (SSSR count). The summed E-state index contributed by atoms with van der Waals surface area (Å²) in [7, 11) is 0. The van der Waals surface area contributed by atoms with Gasteiger partial charge in [0.25, 0.3) is 0 Å². The molecule has 0 aromatic carbocycles. The van der Waals surface area contributed by atoms with Crippen LogP contribution in [0.15, 0.2) is 12.2 Å². The maximum Gasteiger partial charge on any atom is 0.306 e. The van der Waals surface area contributed by atoms with Gasteiger partial charge in [0.15, 0.2) is 5.78 Å². The Morgan fingerprint density at radius 3 is 1.83 bits per heavy atom. The largest absolute Gasteiger partial charge is 0.458 e. The van der Waals surface area contributed by atoms with Crippen molar-refractivity contribution in [2.45, 2.75) is 96.8 Å². The number of unbranched alkanes of at least 4 members (excludes halogenated alkanes) is 11. The van der Waals surface area contributed by atoms with Crippen molar-refractivity contribution in [3.8, 4) is 0 Å². The van der Waals surface area contributed by atoms with E-state index in [0.717, 1.165) is 19.3 Å². The lowest BCUT2D eigenvalue weighted by Gasteiger charge is -2.02. The van der Waals surface area contributed by atoms with Gasteiger partial charge in [-0.1, -0.05) is 70.4 Å². The minimum Gasteiger partial charge on any atom is -0.458 e. The Hall–Kier alpha value is -1.12. The smallest absolute Gasteiger partial charge is 0.306 e. The predicted molar refractivity (Wildman–Crippen MR) is 101 cm³/mol. The van der Waals surface area contributed by atoms with Gasteiger partial charge in [-0.15, -0.1) is 0 Å². The molecule has 0 saturated heterocycles. The number of carbonyl (C=O) groups is 2. The van der Waals surface area contributed by atoms with E-state index >= 15 is 0 Å². The monoisotopic (exact) mass is 337 g/mol. The molecule has 3 nitrogen and oxygen atoms in total. The Morgan fingerprint density at radius 2 is 1.29 bits per heavy atom. The number of rotatable bonds is 17. The molecule has 0 aliphatic heterocycles. The topological polar surface area (TPSA) is 43.4 Å². The summed E-state index contributed by atoms with van der Waals surface area (Å²) >= 11 is 0. The second-order valence-electron chi connectivity index (χ2n) is 6.53. The average molecular weight is 338 g/mol. The fraction of sp³-hybridized carbons (Fsp3) is 0.762. The van der Waals surface area contributed by atoms with E-state index in [1.807, 2.05) is 0 Å². The van der Waals surface area contributed by atoms with Gasteiger partial charge in [-0.2, -0.15) is 0 Å². The third kappa shape index (κ3) is 18.9. The third-order valence-electron chi connectivity index (χ3n) is 4.04. The molecule has 0 atom stereocenters. The van der Waals surface area contributed by atoms with Crippen molar-refractivity contribution in [2.24, 2.45) is 0 Å². The van der Waals surface area contributed by atoms with Gasteiger partial charge in [-0.05, 0) is 32.1 Å². The molecular weight excluding hydrogens is 300 g/mol. The van der Waals surface area contributed by atoms with Crippen LogP contribution in [0.25, 0.3) is 0 Å². The zero-order chi connectivity index (χ0) is 17.9. The molecule has 0 fully saturated rings. The molecule has 0 saturated carbocycles. The highest BCUT2D eigenvalue weighted by molar-refractivity contribution is 5.85. The second-order valence-corrected chi connectivity index (χ2v) is 6.53. The number of hydrogen-bond acceptors (Lipinski definition) is 3. The highest BCUT2D eigenvalue weighted by Gasteiger charge is 2.03. The predicted octanol–water partition coefficient (Wildman–Crippen LogP) is 5.97. The molecule has 0 aromatic rings. The van der Waals surface area contributed by atoms with E-state index in [0.29, 0.717) is 6.42 Å². The standard InChI is InChI=1S/C21H37O3/c1-3-4-5-6-7-8-9-10-11-12-13-14-15-16-17-18-21(23)24-19-20(2)22/h10-11H,2-9,12-19H2,1H3/b11-10-. The average Bonchev–Trinajstić information content (AvgIpc) is 2.56. The van der Waals surface area contributed by atoms with E-state index < -0.39 is 0 Å². The molecule has 0 unspecified atom stereocenters. The van der Waals surface area contributed by atoms with E-state index in [-0.39, 0.29) is 18.4 Å². The van der Waals surface area contributed by atoms with Crippen LogP contribution in [0.4, 0.5) is 0 Å². The number of hydrogen-bond donors (Lipinski definition) is 0. The Labute approximate surface area is 149 Å². The zero-order valence-corrected chi connectivity index (χ0v) is 15.7. The molecule has 0 heterocycles. The van der Waals surface area contributed by atoms with Crippen molar-refractivity contribution in [3.05, 3.63) is 19.1 Å². The molecule has 0 spiro atoms. The van der Waals surface area contributed by atoms with Gasteiger partial charge in [-0.3, -0.25) is 9.59 Å². The van der Waals surface area contributed by atoms with E-state index in [1.165, 1.54) is 64.2 Å². The Kier molecular flexibility index (Phi) is 17.4. The van der Waals surface area contributed by atoms with Crippen LogP contribution in [-0.2, 0) is 14.3 Å². The first-order valence-electron chi connectivity index (χ1n) is 9.82. The molecule has 1 radical (unpaired) electrons. The molecule has 139 valence electrons. The first kappa shape index (κ1) is 22.9. The van der Waals surface area contributed by atoms with Crippen molar-refractivity contribution >= 4 is 11.8 Å². The normalized spacial score (nSPS) is 11.1. The number of ether oxygens (including phenoxy) is 1. The van der Waals surface area contributed by atoms with Crippen LogP contribution >= 0.6 is 0 Å². The van der Waals surface area contributed by atoms with E-state index in [2.05, 4.69) is 26.0 Å². The van der Waals surface area contributed by atoms with Crippen LogP contribution in [0.5, 0.6) is 0 Å². The Bertz CT molecular complexity index is 334. The van der Waals surface area contributed by atoms with Crippen molar-refractivity contribution < 1.29 is 14.3 Å². The van der Waals surface area contributed by atoms with Crippen LogP contribution in [0.1, 0.15) is 96.8 Å². The van der Waals surface area contributed by atoms with Crippen molar-refractivity contribution in [1.29, 1.82) is 0 Å². The molecule has 0 aliphatic rings. The number of carbonyl (C=O) groups excluding carboxylic acids is 2. The fourth-order valence-electron chi connectivity index (χ4n) is 2.57. The minimum absolute atomic E-state index is 0.191. The minimum atomic E-state index is -0.354. The van der Waals surface area contributed by atoms with Crippen LogP contribution in [-0.4, -0.2) is 18.4 Å². The molecule has 0 bridgehead atoms. The number of ketones is 1. The van der Waals surface area contributed by atoms with Crippen LogP contribution in [0.3, 0.4) is 0 Å². The van der Waals surface area contributed by atoms with Crippen LogP contribution in [0.2, 0.25) is 0 Å². The summed E-state index contributed by atoms with van der Waals surface area (Å²) in [5, 5.41) is 0. The third-order valence-corrected chi connectivity index (χ3v) is 4.04. The van der Waals surface area contributed by atoms with Gasteiger partial charge >= 0.3 is 5.97 Å². The summed E-state index contributed by atoms with van der Waals surface area (Å²) in [5.74, 6) is -0.641. The van der Waals surface area contributed by atoms with Gasteiger partial charge in [0.05, 0.1) is 0 Å². The van der Waals surface area contributed by atoms with Gasteiger partial charge in [0.2, 0.25) is 0 Å². The van der Waals surface area contributed by atoms with E-state index in [9.17, 15) is 9.59 Å². The highest BCUT2D eigenvalue weighted by atomic mass is 16.5. The van der Waals surface area contributed by atoms with Crippen LogP contribution < -0.4 is 0 Å². The van der Waals surface area contributed by atoms with Gasteiger partial charge in [-0.25, -0.2) is 0 Å². The number of allylic oxidation sites excluding steroid dienone is 2. The first-order valence-corrected chi connectivity index (χ1v) is 9.82. The fourth-order valence-corrected chi connectivity index (χ4v) is 2.57. The summed E-state index contributed by atoms with van der Waals surface area (Å²) in [6.07, 6.45) is 21.1. The molecule has 0 N–H and O–H groups in total. The lowest BCUT2D eigenvalue weighted by atomic mass is 10.1. The maximum absolute atomic E-state index is 11.3. The maximum atomic E-state index is 11.3.